The average Bonchev–Trinajstić information content (AvgIpc) is 2.90. The third-order valence-electron chi connectivity index (χ3n) is 3.87. The SMILES string of the molecule is O=S(=O)(NC1CCC2(CC1)OCCO2)c1cncc(F)c1. The monoisotopic (exact) mass is 316 g/mol. The number of nitrogens with one attached hydrogen (secondary N) is 1. The molecule has 2 heterocycles. The third kappa shape index (κ3) is 3.23. The minimum atomic E-state index is -3.75. The molecule has 0 radical (unpaired) electrons. The van der Waals surface area contributed by atoms with Crippen LogP contribution in [0.25, 0.3) is 0 Å². The van der Waals surface area contributed by atoms with Crippen molar-refractivity contribution in [3.05, 3.63) is 24.3 Å². The fraction of sp³-hybridized carbons (Fsp3) is 0.615. The number of nitrogens with zero attached hydrogens (tertiary/aromatic N) is 1. The van der Waals surface area contributed by atoms with Crippen molar-refractivity contribution >= 4 is 10.0 Å². The Morgan fingerprint density at radius 3 is 2.52 bits per heavy atom. The number of pyridine rings is 1. The summed E-state index contributed by atoms with van der Waals surface area (Å²) in [4.78, 5) is 3.41. The molecule has 1 spiro atoms. The first-order chi connectivity index (χ1) is 9.99. The van der Waals surface area contributed by atoms with E-state index in [1.807, 2.05) is 0 Å². The fourth-order valence-electron chi connectivity index (χ4n) is 2.79. The number of hydrogen-bond donors (Lipinski definition) is 1. The Bertz CT molecular complexity index is 606. The first kappa shape index (κ1) is 14.8. The van der Waals surface area contributed by atoms with E-state index in [4.69, 9.17) is 9.47 Å². The van der Waals surface area contributed by atoms with Crippen molar-refractivity contribution in [2.24, 2.45) is 0 Å². The molecular weight excluding hydrogens is 299 g/mol. The predicted molar refractivity (Wildman–Crippen MR) is 71.4 cm³/mol. The molecular formula is C13H17FN2O4S. The Kier molecular flexibility index (Phi) is 3.96. The average molecular weight is 316 g/mol. The van der Waals surface area contributed by atoms with Gasteiger partial charge in [-0.15, -0.1) is 0 Å². The Balaban J connectivity index is 1.64. The van der Waals surface area contributed by atoms with Crippen LogP contribution in [-0.4, -0.2) is 38.4 Å². The van der Waals surface area contributed by atoms with Gasteiger partial charge in [-0.25, -0.2) is 17.5 Å². The van der Waals surface area contributed by atoms with E-state index >= 15 is 0 Å². The molecule has 8 heteroatoms. The van der Waals surface area contributed by atoms with Crippen LogP contribution in [0.2, 0.25) is 0 Å². The molecule has 1 saturated carbocycles. The van der Waals surface area contributed by atoms with E-state index < -0.39 is 21.6 Å². The lowest BCUT2D eigenvalue weighted by molar-refractivity contribution is -0.178. The van der Waals surface area contributed by atoms with Gasteiger partial charge in [0.15, 0.2) is 5.79 Å². The minimum absolute atomic E-state index is 0.156. The van der Waals surface area contributed by atoms with Gasteiger partial charge in [-0.3, -0.25) is 4.98 Å². The van der Waals surface area contributed by atoms with E-state index in [0.717, 1.165) is 18.5 Å². The molecule has 0 unspecified atom stereocenters. The third-order valence-corrected chi connectivity index (χ3v) is 5.36. The summed E-state index contributed by atoms with van der Waals surface area (Å²) in [6.07, 6.45) is 4.67. The van der Waals surface area contributed by atoms with E-state index in [2.05, 4.69) is 9.71 Å². The van der Waals surface area contributed by atoms with Crippen LogP contribution >= 0.6 is 0 Å². The largest absolute Gasteiger partial charge is 0.348 e. The Labute approximate surface area is 122 Å². The normalized spacial score (nSPS) is 22.7. The fourth-order valence-corrected chi connectivity index (χ4v) is 4.07. The maximum absolute atomic E-state index is 13.1. The Morgan fingerprint density at radius 1 is 1.24 bits per heavy atom. The van der Waals surface area contributed by atoms with Crippen molar-refractivity contribution in [1.82, 2.24) is 9.71 Å². The van der Waals surface area contributed by atoms with Gasteiger partial charge in [0.1, 0.15) is 10.7 Å². The molecule has 116 valence electrons. The Morgan fingerprint density at radius 2 is 1.90 bits per heavy atom. The maximum Gasteiger partial charge on any atom is 0.242 e. The number of halogens is 1. The van der Waals surface area contributed by atoms with Crippen LogP contribution in [0.3, 0.4) is 0 Å². The summed E-state index contributed by atoms with van der Waals surface area (Å²) < 4.78 is 51.3. The van der Waals surface area contributed by atoms with Gasteiger partial charge in [-0.05, 0) is 18.9 Å². The van der Waals surface area contributed by atoms with Crippen molar-refractivity contribution in [3.63, 3.8) is 0 Å². The number of sulfonamides is 1. The standard InChI is InChI=1S/C13H17FN2O4S/c14-10-7-12(9-15-8-10)21(17,18)16-11-1-3-13(4-2-11)19-5-6-20-13/h7-9,11,16H,1-6H2. The molecule has 1 saturated heterocycles. The molecule has 1 N–H and O–H groups in total. The molecule has 6 nitrogen and oxygen atoms in total. The van der Waals surface area contributed by atoms with E-state index in [1.54, 1.807) is 0 Å². The quantitative estimate of drug-likeness (QED) is 0.906. The molecule has 0 bridgehead atoms. The molecule has 0 aromatic carbocycles. The van der Waals surface area contributed by atoms with Gasteiger partial charge < -0.3 is 9.47 Å². The maximum atomic E-state index is 13.1. The van der Waals surface area contributed by atoms with Crippen LogP contribution in [0.1, 0.15) is 25.7 Å². The molecule has 21 heavy (non-hydrogen) atoms. The van der Waals surface area contributed by atoms with Crippen LogP contribution in [0.4, 0.5) is 4.39 Å². The first-order valence-corrected chi connectivity index (χ1v) is 8.38. The zero-order valence-corrected chi connectivity index (χ0v) is 12.2. The van der Waals surface area contributed by atoms with E-state index in [1.165, 1.54) is 0 Å². The highest BCUT2D eigenvalue weighted by Gasteiger charge is 2.41. The molecule has 2 fully saturated rings. The predicted octanol–water partition coefficient (Wildman–Crippen LogP) is 1.18. The zero-order valence-electron chi connectivity index (χ0n) is 11.4. The molecule has 0 atom stereocenters. The number of hydrogen-bond acceptors (Lipinski definition) is 5. The minimum Gasteiger partial charge on any atom is -0.348 e. The van der Waals surface area contributed by atoms with Crippen molar-refractivity contribution in [2.75, 3.05) is 13.2 Å². The van der Waals surface area contributed by atoms with Crippen molar-refractivity contribution in [3.8, 4) is 0 Å². The lowest BCUT2D eigenvalue weighted by Crippen LogP contribution is -2.43. The highest BCUT2D eigenvalue weighted by atomic mass is 32.2. The van der Waals surface area contributed by atoms with E-state index in [0.29, 0.717) is 38.9 Å². The topological polar surface area (TPSA) is 77.5 Å². The molecule has 1 aromatic rings. The van der Waals surface area contributed by atoms with Crippen LogP contribution in [-0.2, 0) is 19.5 Å². The molecule has 1 aromatic heterocycles. The Hall–Kier alpha value is -1.09. The van der Waals surface area contributed by atoms with Crippen molar-refractivity contribution < 1.29 is 22.3 Å². The molecule has 3 rings (SSSR count). The van der Waals surface area contributed by atoms with Crippen LogP contribution in [0.5, 0.6) is 0 Å². The second-order valence-corrected chi connectivity index (χ2v) is 7.06. The lowest BCUT2D eigenvalue weighted by Gasteiger charge is -2.35. The lowest BCUT2D eigenvalue weighted by atomic mass is 9.91. The van der Waals surface area contributed by atoms with Gasteiger partial charge in [0.2, 0.25) is 10.0 Å². The highest BCUT2D eigenvalue weighted by molar-refractivity contribution is 7.89. The second-order valence-electron chi connectivity index (χ2n) is 5.34. The first-order valence-electron chi connectivity index (χ1n) is 6.90. The summed E-state index contributed by atoms with van der Waals surface area (Å²) in [5.74, 6) is -1.20. The zero-order chi connectivity index (χ0) is 14.9. The van der Waals surface area contributed by atoms with Gasteiger partial charge >= 0.3 is 0 Å². The van der Waals surface area contributed by atoms with E-state index in [9.17, 15) is 12.8 Å². The summed E-state index contributed by atoms with van der Waals surface area (Å²) in [7, 11) is -3.75. The van der Waals surface area contributed by atoms with Crippen molar-refractivity contribution in [1.29, 1.82) is 0 Å². The molecule has 2 aliphatic rings. The van der Waals surface area contributed by atoms with Crippen LogP contribution < -0.4 is 4.72 Å². The van der Waals surface area contributed by atoms with Gasteiger partial charge in [0.25, 0.3) is 0 Å². The summed E-state index contributed by atoms with van der Waals surface area (Å²) in [5, 5.41) is 0. The molecule has 0 amide bonds. The number of ether oxygens (including phenoxy) is 2. The van der Waals surface area contributed by atoms with Gasteiger partial charge in [0.05, 0.1) is 19.4 Å². The van der Waals surface area contributed by atoms with Gasteiger partial charge in [0, 0.05) is 25.1 Å². The van der Waals surface area contributed by atoms with E-state index in [-0.39, 0.29) is 10.9 Å². The summed E-state index contributed by atoms with van der Waals surface area (Å²) in [6, 6.07) is 0.764. The molecule has 1 aliphatic carbocycles. The number of aromatic nitrogens is 1. The van der Waals surface area contributed by atoms with Crippen molar-refractivity contribution in [2.45, 2.75) is 42.4 Å². The summed E-state index contributed by atoms with van der Waals surface area (Å²) in [6.45, 7) is 1.18. The van der Waals surface area contributed by atoms with Crippen LogP contribution in [0, 0.1) is 5.82 Å². The number of rotatable bonds is 3. The highest BCUT2D eigenvalue weighted by Crippen LogP contribution is 2.36. The smallest absolute Gasteiger partial charge is 0.242 e. The summed E-state index contributed by atoms with van der Waals surface area (Å²) >= 11 is 0. The molecule has 1 aliphatic heterocycles. The second kappa shape index (κ2) is 5.60. The summed E-state index contributed by atoms with van der Waals surface area (Å²) in [5.41, 5.74) is 0. The van der Waals surface area contributed by atoms with Gasteiger partial charge in [-0.1, -0.05) is 0 Å². The van der Waals surface area contributed by atoms with Gasteiger partial charge in [-0.2, -0.15) is 0 Å². The van der Waals surface area contributed by atoms with Crippen LogP contribution in [0.15, 0.2) is 23.4 Å².